The summed E-state index contributed by atoms with van der Waals surface area (Å²) in [7, 11) is 1.48. The molecule has 2 atom stereocenters. The summed E-state index contributed by atoms with van der Waals surface area (Å²) in [5, 5.41) is 6.50. The van der Waals surface area contributed by atoms with Crippen molar-refractivity contribution in [3.63, 3.8) is 0 Å². The van der Waals surface area contributed by atoms with Crippen LogP contribution in [0.25, 0.3) is 0 Å². The Morgan fingerprint density at radius 1 is 1.25 bits per heavy atom. The second-order valence-electron chi connectivity index (χ2n) is 6.56. The zero-order valence-corrected chi connectivity index (χ0v) is 16.8. The Balaban J connectivity index is 2.13. The fourth-order valence-corrected chi connectivity index (χ4v) is 4.60. The molecule has 1 aliphatic heterocycles. The molecule has 28 heavy (non-hydrogen) atoms. The number of methoxy groups -OCH3 is 1. The standard InChI is InChI=1S/C21H24FN3O2S/c1-15(27-2)20(26)25-21(13-8-14-23,16-9-4-3-5-10-16)28-19(24-25)17-11-6-7-12-18(17)22/h3-7,9-12,15H,8,13-14,23H2,1-2H3/t15-,21?/m0/s1. The van der Waals surface area contributed by atoms with E-state index in [9.17, 15) is 9.18 Å². The van der Waals surface area contributed by atoms with Crippen LogP contribution in [0.5, 0.6) is 0 Å². The van der Waals surface area contributed by atoms with E-state index < -0.39 is 11.0 Å². The van der Waals surface area contributed by atoms with E-state index in [0.717, 1.165) is 5.56 Å². The number of nitrogens with zero attached hydrogens (tertiary/aromatic N) is 2. The number of halogens is 1. The molecule has 0 aromatic heterocycles. The summed E-state index contributed by atoms with van der Waals surface area (Å²) in [6.45, 7) is 2.16. The van der Waals surface area contributed by atoms with E-state index in [-0.39, 0.29) is 11.7 Å². The predicted molar refractivity (Wildman–Crippen MR) is 110 cm³/mol. The first-order valence-electron chi connectivity index (χ1n) is 9.18. The fourth-order valence-electron chi connectivity index (χ4n) is 3.16. The van der Waals surface area contributed by atoms with Crippen molar-refractivity contribution in [3.05, 3.63) is 71.5 Å². The van der Waals surface area contributed by atoms with Gasteiger partial charge in [-0.2, -0.15) is 5.10 Å². The lowest BCUT2D eigenvalue weighted by molar-refractivity contribution is -0.144. The Hall–Kier alpha value is -2.22. The van der Waals surface area contributed by atoms with E-state index in [1.54, 1.807) is 25.1 Å². The molecule has 148 valence electrons. The third kappa shape index (κ3) is 3.83. The summed E-state index contributed by atoms with van der Waals surface area (Å²) in [6, 6.07) is 16.1. The summed E-state index contributed by atoms with van der Waals surface area (Å²) < 4.78 is 19.7. The first-order chi connectivity index (χ1) is 13.5. The van der Waals surface area contributed by atoms with Gasteiger partial charge in [-0.05, 0) is 44.0 Å². The summed E-state index contributed by atoms with van der Waals surface area (Å²) in [5.41, 5.74) is 7.08. The van der Waals surface area contributed by atoms with Crippen LogP contribution in [-0.4, -0.2) is 35.7 Å². The number of benzene rings is 2. The number of nitrogens with two attached hydrogens (primary N) is 1. The zero-order valence-electron chi connectivity index (χ0n) is 16.0. The van der Waals surface area contributed by atoms with E-state index in [1.165, 1.54) is 29.9 Å². The number of thioether (sulfide) groups is 1. The number of hydrogen-bond acceptors (Lipinski definition) is 5. The van der Waals surface area contributed by atoms with Crippen molar-refractivity contribution in [2.75, 3.05) is 13.7 Å². The van der Waals surface area contributed by atoms with Crippen molar-refractivity contribution in [1.82, 2.24) is 5.01 Å². The minimum Gasteiger partial charge on any atom is -0.372 e. The number of hydrazone groups is 1. The molecule has 1 unspecified atom stereocenters. The Kier molecular flexibility index (Phi) is 6.49. The van der Waals surface area contributed by atoms with E-state index in [4.69, 9.17) is 10.5 Å². The van der Waals surface area contributed by atoms with Crippen molar-refractivity contribution in [2.45, 2.75) is 30.7 Å². The molecule has 2 aromatic rings. The quantitative estimate of drug-likeness (QED) is 0.768. The fraction of sp³-hybridized carbons (Fsp3) is 0.333. The summed E-state index contributed by atoms with van der Waals surface area (Å²) in [6.07, 6.45) is 0.597. The Bertz CT molecular complexity index is 862. The van der Waals surface area contributed by atoms with Crippen molar-refractivity contribution in [2.24, 2.45) is 10.8 Å². The molecule has 5 nitrogen and oxygen atoms in total. The number of hydrogen-bond donors (Lipinski definition) is 1. The number of amides is 1. The Labute approximate surface area is 168 Å². The lowest BCUT2D eigenvalue weighted by atomic mass is 10.00. The number of carbonyl (C=O) groups is 1. The normalized spacial score (nSPS) is 20.1. The third-order valence-corrected chi connectivity index (χ3v) is 6.20. The highest BCUT2D eigenvalue weighted by Crippen LogP contribution is 2.50. The molecule has 1 heterocycles. The van der Waals surface area contributed by atoms with Crippen LogP contribution in [0.3, 0.4) is 0 Å². The monoisotopic (exact) mass is 401 g/mol. The van der Waals surface area contributed by atoms with Gasteiger partial charge in [0.25, 0.3) is 5.91 Å². The lowest BCUT2D eigenvalue weighted by Crippen LogP contribution is -2.46. The van der Waals surface area contributed by atoms with Crippen molar-refractivity contribution in [1.29, 1.82) is 0 Å². The number of carbonyl (C=O) groups excluding carboxylic acids is 1. The van der Waals surface area contributed by atoms with Gasteiger partial charge in [0.15, 0.2) is 0 Å². The highest BCUT2D eigenvalue weighted by Gasteiger charge is 2.49. The minimum absolute atomic E-state index is 0.276. The second-order valence-corrected chi connectivity index (χ2v) is 7.82. The average Bonchev–Trinajstić information content (AvgIpc) is 3.12. The van der Waals surface area contributed by atoms with Crippen molar-refractivity contribution >= 4 is 22.7 Å². The number of rotatable bonds is 7. The van der Waals surface area contributed by atoms with Crippen molar-refractivity contribution < 1.29 is 13.9 Å². The van der Waals surface area contributed by atoms with Crippen LogP contribution in [-0.2, 0) is 14.4 Å². The molecule has 0 spiro atoms. The zero-order chi connectivity index (χ0) is 20.1. The molecule has 0 saturated carbocycles. The molecule has 0 saturated heterocycles. The smallest absolute Gasteiger partial charge is 0.273 e. The Morgan fingerprint density at radius 2 is 1.93 bits per heavy atom. The maximum absolute atomic E-state index is 14.5. The van der Waals surface area contributed by atoms with Crippen LogP contribution in [0.4, 0.5) is 4.39 Å². The molecule has 1 amide bonds. The molecule has 0 aliphatic carbocycles. The van der Waals surface area contributed by atoms with Gasteiger partial charge >= 0.3 is 0 Å². The summed E-state index contributed by atoms with van der Waals surface area (Å²) >= 11 is 1.39. The van der Waals surface area contributed by atoms with Gasteiger partial charge in [0.1, 0.15) is 21.8 Å². The summed E-state index contributed by atoms with van der Waals surface area (Å²) in [5.74, 6) is -0.647. The van der Waals surface area contributed by atoms with Crippen LogP contribution in [0.2, 0.25) is 0 Å². The maximum atomic E-state index is 14.5. The van der Waals surface area contributed by atoms with E-state index in [2.05, 4.69) is 5.10 Å². The van der Waals surface area contributed by atoms with Gasteiger partial charge in [-0.1, -0.05) is 54.2 Å². The average molecular weight is 402 g/mol. The highest BCUT2D eigenvalue weighted by atomic mass is 32.2. The van der Waals surface area contributed by atoms with Gasteiger partial charge in [-0.15, -0.1) is 0 Å². The molecular formula is C21H24FN3O2S. The van der Waals surface area contributed by atoms with Crippen LogP contribution in [0, 0.1) is 5.82 Å². The molecule has 2 aromatic carbocycles. The lowest BCUT2D eigenvalue weighted by Gasteiger charge is -2.36. The molecular weight excluding hydrogens is 377 g/mol. The predicted octanol–water partition coefficient (Wildman–Crippen LogP) is 3.69. The topological polar surface area (TPSA) is 67.9 Å². The minimum atomic E-state index is -0.803. The van der Waals surface area contributed by atoms with Gasteiger partial charge in [-0.25, -0.2) is 9.40 Å². The van der Waals surface area contributed by atoms with Gasteiger partial charge < -0.3 is 10.5 Å². The number of ether oxygens (including phenoxy) is 1. The first kappa shape index (κ1) is 20.5. The SMILES string of the molecule is CO[C@@H](C)C(=O)N1N=C(c2ccccc2F)SC1(CCCN)c1ccccc1. The Morgan fingerprint density at radius 3 is 2.57 bits per heavy atom. The van der Waals surface area contributed by atoms with Crippen LogP contribution in [0.15, 0.2) is 59.7 Å². The molecule has 0 bridgehead atoms. The van der Waals surface area contributed by atoms with Gasteiger partial charge in [0.05, 0.1) is 0 Å². The molecule has 2 N–H and O–H groups in total. The molecule has 0 fully saturated rings. The summed E-state index contributed by atoms with van der Waals surface area (Å²) in [4.78, 5) is 12.3. The molecule has 0 radical (unpaired) electrons. The second kappa shape index (κ2) is 8.86. The molecule has 3 rings (SSSR count). The van der Waals surface area contributed by atoms with Gasteiger partial charge in [-0.3, -0.25) is 4.79 Å². The molecule has 7 heteroatoms. The van der Waals surface area contributed by atoms with E-state index >= 15 is 0 Å². The highest BCUT2D eigenvalue weighted by molar-refractivity contribution is 8.15. The third-order valence-electron chi connectivity index (χ3n) is 4.76. The largest absolute Gasteiger partial charge is 0.372 e. The van der Waals surface area contributed by atoms with Crippen LogP contribution in [0.1, 0.15) is 30.9 Å². The van der Waals surface area contributed by atoms with Gasteiger partial charge in [0, 0.05) is 12.7 Å². The van der Waals surface area contributed by atoms with Crippen molar-refractivity contribution in [3.8, 4) is 0 Å². The maximum Gasteiger partial charge on any atom is 0.273 e. The van der Waals surface area contributed by atoms with E-state index in [0.29, 0.717) is 30.0 Å². The van der Waals surface area contributed by atoms with Crippen LogP contribution < -0.4 is 5.73 Å². The van der Waals surface area contributed by atoms with Gasteiger partial charge in [0.2, 0.25) is 0 Å². The van der Waals surface area contributed by atoms with Crippen LogP contribution >= 0.6 is 11.8 Å². The van der Waals surface area contributed by atoms with E-state index in [1.807, 2.05) is 30.3 Å². The first-order valence-corrected chi connectivity index (χ1v) is 10.00. The molecule has 1 aliphatic rings.